The molecule has 1 fully saturated rings. The van der Waals surface area contributed by atoms with Gasteiger partial charge in [-0.3, -0.25) is 4.79 Å². The fourth-order valence-electron chi connectivity index (χ4n) is 3.83. The van der Waals surface area contributed by atoms with Gasteiger partial charge in [0.2, 0.25) is 21.8 Å². The van der Waals surface area contributed by atoms with E-state index >= 15 is 0 Å². The molecule has 0 spiro atoms. The molecule has 1 saturated carbocycles. The normalized spacial score (nSPS) is 14.9. The van der Waals surface area contributed by atoms with Gasteiger partial charge < -0.3 is 15.2 Å². The number of nitrogens with zero attached hydrogens (tertiary/aromatic N) is 2. The van der Waals surface area contributed by atoms with Gasteiger partial charge in [-0.05, 0) is 58.7 Å². The van der Waals surface area contributed by atoms with Crippen LogP contribution >= 0.6 is 0 Å². The maximum atomic E-state index is 13.2. The molecule has 0 radical (unpaired) electrons. The van der Waals surface area contributed by atoms with Crippen LogP contribution in [0.3, 0.4) is 0 Å². The van der Waals surface area contributed by atoms with Gasteiger partial charge in [0.25, 0.3) is 0 Å². The van der Waals surface area contributed by atoms with Gasteiger partial charge in [0.05, 0.1) is 0 Å². The molecular weight excluding hydrogens is 448 g/mol. The minimum Gasteiger partial charge on any atom is -0.476 e. The monoisotopic (exact) mass is 478 g/mol. The number of aryl methyl sites for hydroxylation is 1. The summed E-state index contributed by atoms with van der Waals surface area (Å²) in [6.45, 7) is 6.66. The molecule has 33 heavy (non-hydrogen) atoms. The van der Waals surface area contributed by atoms with Crippen LogP contribution in [0.4, 0.5) is 5.69 Å². The summed E-state index contributed by atoms with van der Waals surface area (Å²) < 4.78 is 36.1. The number of rotatable bonds is 7. The predicted octanol–water partition coefficient (Wildman–Crippen LogP) is 3.42. The number of amides is 1. The molecule has 0 saturated heterocycles. The molecular formula is C22H30N4O6S. The molecule has 10 nitrogen and oxygen atoms in total. The van der Waals surface area contributed by atoms with Gasteiger partial charge in [-0.2, -0.15) is 5.10 Å². The van der Waals surface area contributed by atoms with Gasteiger partial charge in [0.1, 0.15) is 10.6 Å². The van der Waals surface area contributed by atoms with Crippen molar-refractivity contribution in [3.63, 3.8) is 0 Å². The van der Waals surface area contributed by atoms with Crippen molar-refractivity contribution in [3.8, 4) is 11.6 Å². The number of ether oxygens (including phenoxy) is 1. The maximum Gasteiger partial charge on any atom is 0.356 e. The second-order valence-electron chi connectivity index (χ2n) is 9.30. The Kier molecular flexibility index (Phi) is 6.85. The highest BCUT2D eigenvalue weighted by Gasteiger charge is 2.29. The first-order valence-corrected chi connectivity index (χ1v) is 12.2. The molecule has 11 heteroatoms. The number of carboxylic acids is 1. The topological polar surface area (TPSA) is 140 Å². The molecule has 180 valence electrons. The highest BCUT2D eigenvalue weighted by Crippen LogP contribution is 2.34. The smallest absolute Gasteiger partial charge is 0.356 e. The van der Waals surface area contributed by atoms with Crippen LogP contribution in [0.2, 0.25) is 0 Å². The van der Waals surface area contributed by atoms with E-state index < -0.39 is 21.5 Å². The molecule has 3 N–H and O–H groups in total. The van der Waals surface area contributed by atoms with Crippen LogP contribution in [0.5, 0.6) is 11.6 Å². The van der Waals surface area contributed by atoms with E-state index in [1.54, 1.807) is 26.8 Å². The fourth-order valence-corrected chi connectivity index (χ4v) is 5.41. The molecule has 1 aromatic heterocycles. The number of benzene rings is 1. The molecule has 1 amide bonds. The van der Waals surface area contributed by atoms with Crippen LogP contribution in [-0.2, 0) is 21.9 Å². The second-order valence-corrected chi connectivity index (χ2v) is 10.9. The standard InChI is InChI=1S/C22H30N4O6S/c1-13-18(21(28)29)24-26(5)20(13)32-16-11-10-15(23-19(27)14-8-6-7-9-14)12-17(16)33(30,31)25-22(2,3)4/h10-12,14,25H,6-9H2,1-5H3,(H,23,27)(H,28,29). The molecule has 0 bridgehead atoms. The maximum absolute atomic E-state index is 13.2. The Morgan fingerprint density at radius 1 is 1.21 bits per heavy atom. The third kappa shape index (κ3) is 5.72. The van der Waals surface area contributed by atoms with Gasteiger partial charge in [0, 0.05) is 29.8 Å². The zero-order valence-corrected chi connectivity index (χ0v) is 20.2. The lowest BCUT2D eigenvalue weighted by Crippen LogP contribution is -2.40. The van der Waals surface area contributed by atoms with E-state index in [-0.39, 0.29) is 39.6 Å². The number of carboxylic acid groups (broad SMARTS) is 1. The summed E-state index contributed by atoms with van der Waals surface area (Å²) >= 11 is 0. The number of aromatic nitrogens is 2. The minimum absolute atomic E-state index is 0.0198. The van der Waals surface area contributed by atoms with Crippen molar-refractivity contribution >= 4 is 27.6 Å². The predicted molar refractivity (Wildman–Crippen MR) is 122 cm³/mol. The number of hydrogen-bond donors (Lipinski definition) is 3. The SMILES string of the molecule is Cc1c(C(=O)O)nn(C)c1Oc1ccc(NC(=O)C2CCCC2)cc1S(=O)(=O)NC(C)(C)C. The van der Waals surface area contributed by atoms with Crippen LogP contribution < -0.4 is 14.8 Å². The quantitative estimate of drug-likeness (QED) is 0.554. The summed E-state index contributed by atoms with van der Waals surface area (Å²) in [7, 11) is -2.55. The summed E-state index contributed by atoms with van der Waals surface area (Å²) in [5.41, 5.74) is -0.361. The molecule has 1 heterocycles. The van der Waals surface area contributed by atoms with Crippen molar-refractivity contribution in [2.75, 3.05) is 5.32 Å². The highest BCUT2D eigenvalue weighted by molar-refractivity contribution is 7.89. The van der Waals surface area contributed by atoms with Gasteiger partial charge >= 0.3 is 5.97 Å². The van der Waals surface area contributed by atoms with E-state index in [2.05, 4.69) is 15.1 Å². The van der Waals surface area contributed by atoms with Gasteiger partial charge in [-0.25, -0.2) is 22.6 Å². The third-order valence-electron chi connectivity index (χ3n) is 5.30. The summed E-state index contributed by atoms with van der Waals surface area (Å²) in [6, 6.07) is 4.34. The number of sulfonamides is 1. The Balaban J connectivity index is 2.02. The molecule has 1 aliphatic carbocycles. The van der Waals surface area contributed by atoms with E-state index in [1.165, 1.54) is 30.8 Å². The first kappa shape index (κ1) is 24.7. The van der Waals surface area contributed by atoms with Crippen molar-refractivity contribution in [2.45, 2.75) is 63.8 Å². The van der Waals surface area contributed by atoms with E-state index in [9.17, 15) is 23.1 Å². The Labute approximate surface area is 193 Å². The number of carbonyl (C=O) groups is 2. The Bertz CT molecular complexity index is 1170. The molecule has 1 aromatic carbocycles. The van der Waals surface area contributed by atoms with Crippen molar-refractivity contribution < 1.29 is 27.9 Å². The lowest BCUT2D eigenvalue weighted by Gasteiger charge is -2.22. The van der Waals surface area contributed by atoms with Crippen LogP contribution in [0.1, 0.15) is 62.5 Å². The van der Waals surface area contributed by atoms with Crippen LogP contribution in [-0.4, -0.2) is 40.7 Å². The highest BCUT2D eigenvalue weighted by atomic mass is 32.2. The van der Waals surface area contributed by atoms with Crippen LogP contribution in [0, 0.1) is 12.8 Å². The largest absolute Gasteiger partial charge is 0.476 e. The van der Waals surface area contributed by atoms with Crippen molar-refractivity contribution in [3.05, 3.63) is 29.5 Å². The van der Waals surface area contributed by atoms with E-state index in [0.29, 0.717) is 5.69 Å². The zero-order valence-electron chi connectivity index (χ0n) is 19.4. The zero-order chi connectivity index (χ0) is 24.6. The summed E-state index contributed by atoms with van der Waals surface area (Å²) in [5, 5.41) is 16.1. The Morgan fingerprint density at radius 3 is 2.39 bits per heavy atom. The molecule has 3 rings (SSSR count). The Hall–Kier alpha value is -2.92. The van der Waals surface area contributed by atoms with Crippen molar-refractivity contribution in [1.29, 1.82) is 0 Å². The van der Waals surface area contributed by atoms with Gasteiger partial charge in [-0.1, -0.05) is 12.8 Å². The van der Waals surface area contributed by atoms with Gasteiger partial charge in [-0.15, -0.1) is 0 Å². The summed E-state index contributed by atoms with van der Waals surface area (Å²) in [5.74, 6) is -1.36. The molecule has 0 unspecified atom stereocenters. The lowest BCUT2D eigenvalue weighted by atomic mass is 10.1. The fraction of sp³-hybridized carbons (Fsp3) is 0.500. The average molecular weight is 479 g/mol. The third-order valence-corrected chi connectivity index (χ3v) is 7.08. The van der Waals surface area contributed by atoms with Crippen LogP contribution in [0.15, 0.2) is 23.1 Å². The number of nitrogens with one attached hydrogen (secondary N) is 2. The Morgan fingerprint density at radius 2 is 1.85 bits per heavy atom. The first-order chi connectivity index (χ1) is 15.3. The summed E-state index contributed by atoms with van der Waals surface area (Å²) in [6.07, 6.45) is 3.63. The number of carbonyl (C=O) groups excluding carboxylic acids is 1. The molecule has 1 aliphatic rings. The van der Waals surface area contributed by atoms with Crippen molar-refractivity contribution in [2.24, 2.45) is 13.0 Å². The summed E-state index contributed by atoms with van der Waals surface area (Å²) in [4.78, 5) is 23.8. The molecule has 2 aromatic rings. The second kappa shape index (κ2) is 9.14. The number of anilines is 1. The van der Waals surface area contributed by atoms with E-state index in [0.717, 1.165) is 25.7 Å². The van der Waals surface area contributed by atoms with Gasteiger partial charge in [0.15, 0.2) is 5.69 Å². The average Bonchev–Trinajstić information content (AvgIpc) is 3.31. The number of aromatic carboxylic acids is 1. The minimum atomic E-state index is -4.05. The van der Waals surface area contributed by atoms with E-state index in [1.807, 2.05) is 0 Å². The first-order valence-electron chi connectivity index (χ1n) is 10.7. The van der Waals surface area contributed by atoms with Crippen LogP contribution in [0.25, 0.3) is 0 Å². The van der Waals surface area contributed by atoms with E-state index in [4.69, 9.17) is 4.74 Å². The molecule has 0 atom stereocenters. The molecule has 0 aliphatic heterocycles. The number of hydrogen-bond acceptors (Lipinski definition) is 6. The lowest BCUT2D eigenvalue weighted by molar-refractivity contribution is -0.119. The van der Waals surface area contributed by atoms with Crippen molar-refractivity contribution in [1.82, 2.24) is 14.5 Å².